The van der Waals surface area contributed by atoms with Gasteiger partial charge in [0.1, 0.15) is 0 Å². The van der Waals surface area contributed by atoms with Crippen LogP contribution in [0.25, 0.3) is 0 Å². The summed E-state index contributed by atoms with van der Waals surface area (Å²) in [4.78, 5) is 0. The summed E-state index contributed by atoms with van der Waals surface area (Å²) in [6.07, 6.45) is -3.83. The van der Waals surface area contributed by atoms with Crippen LogP contribution in [0.3, 0.4) is 0 Å². The van der Waals surface area contributed by atoms with E-state index in [-0.39, 0.29) is 0 Å². The molecule has 0 aliphatic carbocycles. The maximum absolute atomic E-state index is 12.8. The number of benzene rings is 1. The first-order chi connectivity index (χ1) is 7.59. The summed E-state index contributed by atoms with van der Waals surface area (Å²) in [7, 11) is 0. The van der Waals surface area contributed by atoms with Crippen LogP contribution in [0.1, 0.15) is 17.9 Å². The van der Waals surface area contributed by atoms with Gasteiger partial charge in [0.25, 0.3) is 0 Å². The fraction of sp³-hybridized carbons (Fsp3) is 0.417. The number of alkyl halides is 3. The fourth-order valence-corrected chi connectivity index (χ4v) is 2.02. The van der Waals surface area contributed by atoms with Crippen LogP contribution >= 0.6 is 0 Å². The van der Waals surface area contributed by atoms with E-state index in [0.717, 1.165) is 12.2 Å². The average Bonchev–Trinajstić information content (AvgIpc) is 2.29. The Morgan fingerprint density at radius 1 is 1.12 bits per heavy atom. The Morgan fingerprint density at radius 3 is 2.44 bits per heavy atom. The summed E-state index contributed by atoms with van der Waals surface area (Å²) in [5.74, 6) is -2.02. The Kier molecular flexibility index (Phi) is 3.19. The molecule has 1 aromatic carbocycles. The summed E-state index contributed by atoms with van der Waals surface area (Å²) in [5, 5.41) is 0. The highest BCUT2D eigenvalue weighted by Gasteiger charge is 2.46. The van der Waals surface area contributed by atoms with Crippen molar-refractivity contribution in [1.82, 2.24) is 0 Å². The van der Waals surface area contributed by atoms with E-state index in [1.54, 1.807) is 30.3 Å². The van der Waals surface area contributed by atoms with Crippen LogP contribution in [-0.4, -0.2) is 12.8 Å². The van der Waals surface area contributed by atoms with Gasteiger partial charge in [0.2, 0.25) is 0 Å². The monoisotopic (exact) mass is 229 g/mol. The van der Waals surface area contributed by atoms with E-state index >= 15 is 0 Å². The Hall–Kier alpha value is -1.03. The van der Waals surface area contributed by atoms with E-state index in [1.807, 2.05) is 0 Å². The lowest BCUT2D eigenvalue weighted by Crippen LogP contribution is -2.34. The molecule has 0 spiro atoms. The van der Waals surface area contributed by atoms with Gasteiger partial charge in [-0.1, -0.05) is 30.3 Å². The molecule has 4 heteroatoms. The number of halogens is 3. The SMILES string of the molecule is FC(F)(F)C1[CH]OCCC1c1ccccc1. The van der Waals surface area contributed by atoms with Gasteiger partial charge >= 0.3 is 6.18 Å². The molecular formula is C12H12F3O. The molecule has 1 radical (unpaired) electrons. The van der Waals surface area contributed by atoms with Crippen LogP contribution in [0.15, 0.2) is 30.3 Å². The van der Waals surface area contributed by atoms with Gasteiger partial charge in [-0.15, -0.1) is 0 Å². The zero-order chi connectivity index (χ0) is 11.6. The molecule has 1 aliphatic heterocycles. The molecule has 1 fully saturated rings. The molecule has 0 bridgehead atoms. The molecule has 1 heterocycles. The predicted molar refractivity (Wildman–Crippen MR) is 53.6 cm³/mol. The first kappa shape index (κ1) is 11.5. The molecule has 87 valence electrons. The Morgan fingerprint density at radius 2 is 1.81 bits per heavy atom. The van der Waals surface area contributed by atoms with Crippen LogP contribution in [0.4, 0.5) is 13.2 Å². The average molecular weight is 229 g/mol. The lowest BCUT2D eigenvalue weighted by atomic mass is 9.82. The zero-order valence-electron chi connectivity index (χ0n) is 8.58. The first-order valence-corrected chi connectivity index (χ1v) is 5.15. The highest BCUT2D eigenvalue weighted by atomic mass is 19.4. The summed E-state index contributed by atoms with van der Waals surface area (Å²) >= 11 is 0. The third-order valence-corrected chi connectivity index (χ3v) is 2.83. The van der Waals surface area contributed by atoms with Crippen molar-refractivity contribution >= 4 is 0 Å². The summed E-state index contributed by atoms with van der Waals surface area (Å²) in [6.45, 7) is 1.29. The topological polar surface area (TPSA) is 9.23 Å². The molecule has 2 unspecified atom stereocenters. The molecule has 2 rings (SSSR count). The van der Waals surface area contributed by atoms with Crippen molar-refractivity contribution in [2.75, 3.05) is 6.61 Å². The van der Waals surface area contributed by atoms with E-state index in [0.29, 0.717) is 13.0 Å². The Bertz CT molecular complexity index is 334. The summed E-state index contributed by atoms with van der Waals surface area (Å²) in [5.41, 5.74) is 0.726. The van der Waals surface area contributed by atoms with Gasteiger partial charge in [0, 0.05) is 12.5 Å². The predicted octanol–water partition coefficient (Wildman–Crippen LogP) is 3.53. The second-order valence-corrected chi connectivity index (χ2v) is 3.88. The van der Waals surface area contributed by atoms with Gasteiger partial charge in [0.15, 0.2) is 0 Å². The maximum Gasteiger partial charge on any atom is 0.394 e. The minimum atomic E-state index is -4.24. The third kappa shape index (κ3) is 2.38. The second-order valence-electron chi connectivity index (χ2n) is 3.88. The van der Waals surface area contributed by atoms with Gasteiger partial charge in [-0.25, -0.2) is 0 Å². The van der Waals surface area contributed by atoms with Crippen molar-refractivity contribution in [2.45, 2.75) is 18.5 Å². The molecule has 2 atom stereocenters. The smallest absolute Gasteiger partial charge is 0.375 e. The minimum absolute atomic E-state index is 0.353. The van der Waals surface area contributed by atoms with E-state index < -0.39 is 18.0 Å². The third-order valence-electron chi connectivity index (χ3n) is 2.83. The summed E-state index contributed by atoms with van der Waals surface area (Å²) < 4.78 is 43.1. The molecule has 16 heavy (non-hydrogen) atoms. The zero-order valence-corrected chi connectivity index (χ0v) is 8.58. The molecule has 0 saturated carbocycles. The summed E-state index contributed by atoms with van der Waals surface area (Å²) in [6, 6.07) is 8.80. The molecular weight excluding hydrogens is 217 g/mol. The quantitative estimate of drug-likeness (QED) is 0.715. The van der Waals surface area contributed by atoms with Crippen LogP contribution in [0.5, 0.6) is 0 Å². The Labute approximate surface area is 92.2 Å². The fourth-order valence-electron chi connectivity index (χ4n) is 2.02. The molecule has 1 saturated heterocycles. The highest BCUT2D eigenvalue weighted by Crippen LogP contribution is 2.43. The van der Waals surface area contributed by atoms with Crippen molar-refractivity contribution in [3.05, 3.63) is 42.5 Å². The molecule has 0 aromatic heterocycles. The van der Waals surface area contributed by atoms with Gasteiger partial charge in [-0.2, -0.15) is 13.2 Å². The normalized spacial score (nSPS) is 26.7. The number of rotatable bonds is 1. The largest absolute Gasteiger partial charge is 0.394 e. The van der Waals surface area contributed by atoms with Crippen LogP contribution in [0.2, 0.25) is 0 Å². The van der Waals surface area contributed by atoms with Gasteiger partial charge in [-0.05, 0) is 12.0 Å². The van der Waals surface area contributed by atoms with Crippen molar-refractivity contribution in [3.63, 3.8) is 0 Å². The Balaban J connectivity index is 2.24. The van der Waals surface area contributed by atoms with Crippen molar-refractivity contribution < 1.29 is 17.9 Å². The van der Waals surface area contributed by atoms with E-state index in [2.05, 4.69) is 0 Å². The van der Waals surface area contributed by atoms with Crippen LogP contribution < -0.4 is 0 Å². The lowest BCUT2D eigenvalue weighted by molar-refractivity contribution is -0.190. The lowest BCUT2D eigenvalue weighted by Gasteiger charge is -2.32. The molecule has 1 aromatic rings. The van der Waals surface area contributed by atoms with Gasteiger partial charge < -0.3 is 4.74 Å². The second kappa shape index (κ2) is 4.45. The van der Waals surface area contributed by atoms with Crippen molar-refractivity contribution in [1.29, 1.82) is 0 Å². The number of ether oxygens (including phenoxy) is 1. The highest BCUT2D eigenvalue weighted by molar-refractivity contribution is 5.22. The molecule has 0 amide bonds. The maximum atomic E-state index is 12.8. The van der Waals surface area contributed by atoms with E-state index in [4.69, 9.17) is 4.74 Å². The number of hydrogen-bond donors (Lipinski definition) is 0. The molecule has 0 N–H and O–H groups in total. The van der Waals surface area contributed by atoms with Gasteiger partial charge in [-0.3, -0.25) is 0 Å². The molecule has 1 aliphatic rings. The van der Waals surface area contributed by atoms with E-state index in [9.17, 15) is 13.2 Å². The van der Waals surface area contributed by atoms with Gasteiger partial charge in [0.05, 0.1) is 12.5 Å². The van der Waals surface area contributed by atoms with Crippen molar-refractivity contribution in [2.24, 2.45) is 5.92 Å². The van der Waals surface area contributed by atoms with E-state index in [1.165, 1.54) is 0 Å². The molecule has 1 nitrogen and oxygen atoms in total. The standard InChI is InChI=1S/C12H12F3O/c13-12(14,15)11-8-16-7-6-10(11)9-4-2-1-3-5-9/h1-5,8,10-11H,6-7H2. The van der Waals surface area contributed by atoms with Crippen LogP contribution in [0, 0.1) is 12.5 Å². The minimum Gasteiger partial charge on any atom is -0.375 e. The van der Waals surface area contributed by atoms with Crippen LogP contribution in [-0.2, 0) is 4.74 Å². The number of hydrogen-bond acceptors (Lipinski definition) is 1. The van der Waals surface area contributed by atoms with Crippen molar-refractivity contribution in [3.8, 4) is 0 Å². The first-order valence-electron chi connectivity index (χ1n) is 5.15.